The quantitative estimate of drug-likeness (QED) is 0.767. The van der Waals surface area contributed by atoms with Crippen LogP contribution in [0.15, 0.2) is 41.9 Å². The molecule has 0 aliphatic carbocycles. The Morgan fingerprint density at radius 1 is 1.32 bits per heavy atom. The van der Waals surface area contributed by atoms with Crippen LogP contribution in [0.5, 0.6) is 0 Å². The van der Waals surface area contributed by atoms with Gasteiger partial charge in [0.2, 0.25) is 0 Å². The summed E-state index contributed by atoms with van der Waals surface area (Å²) in [5.74, 6) is 0. The lowest BCUT2D eigenvalue weighted by molar-refractivity contribution is -0.0477. The lowest BCUT2D eigenvalue weighted by atomic mass is 10.1. The number of benzene rings is 1. The molecule has 0 spiro atoms. The smallest absolute Gasteiger partial charge is 0.112 e. The SMILES string of the molecule is CCC[C@@H](ON[C@H](C)c1nccs1)c1ccccc1. The molecule has 1 aromatic heterocycles. The van der Waals surface area contributed by atoms with Crippen molar-refractivity contribution < 1.29 is 4.84 Å². The van der Waals surface area contributed by atoms with Crippen LogP contribution in [0.2, 0.25) is 0 Å². The van der Waals surface area contributed by atoms with Crippen molar-refractivity contribution in [2.45, 2.75) is 38.8 Å². The molecular formula is C15H20N2OS. The van der Waals surface area contributed by atoms with Crippen molar-refractivity contribution in [1.82, 2.24) is 10.5 Å². The summed E-state index contributed by atoms with van der Waals surface area (Å²) in [6.45, 7) is 4.23. The topological polar surface area (TPSA) is 34.1 Å². The highest BCUT2D eigenvalue weighted by Gasteiger charge is 2.14. The molecule has 2 rings (SSSR count). The molecular weight excluding hydrogens is 256 g/mol. The first-order valence-electron chi connectivity index (χ1n) is 6.66. The first-order valence-corrected chi connectivity index (χ1v) is 7.54. The minimum absolute atomic E-state index is 0.0913. The summed E-state index contributed by atoms with van der Waals surface area (Å²) in [6.07, 6.45) is 4.00. The molecule has 0 fully saturated rings. The van der Waals surface area contributed by atoms with Gasteiger partial charge in [-0.15, -0.1) is 11.3 Å². The molecule has 4 heteroatoms. The first kappa shape index (κ1) is 14.2. The van der Waals surface area contributed by atoms with E-state index in [0.29, 0.717) is 0 Å². The monoisotopic (exact) mass is 276 g/mol. The summed E-state index contributed by atoms with van der Waals surface area (Å²) in [4.78, 5) is 10.2. The van der Waals surface area contributed by atoms with Crippen LogP contribution in [0.1, 0.15) is 49.4 Å². The van der Waals surface area contributed by atoms with Gasteiger partial charge in [0.15, 0.2) is 0 Å². The Kier molecular flexibility index (Phi) is 5.51. The maximum atomic E-state index is 5.87. The summed E-state index contributed by atoms with van der Waals surface area (Å²) in [6, 6.07) is 10.4. The van der Waals surface area contributed by atoms with Gasteiger partial charge in [0.1, 0.15) is 11.1 Å². The molecule has 1 heterocycles. The summed E-state index contributed by atoms with van der Waals surface area (Å²) < 4.78 is 0. The van der Waals surface area contributed by atoms with Gasteiger partial charge in [-0.25, -0.2) is 4.98 Å². The molecule has 1 N–H and O–H groups in total. The number of rotatable bonds is 7. The van der Waals surface area contributed by atoms with Crippen LogP contribution in [0.3, 0.4) is 0 Å². The highest BCUT2D eigenvalue weighted by Crippen LogP contribution is 2.23. The lowest BCUT2D eigenvalue weighted by Gasteiger charge is -2.20. The zero-order chi connectivity index (χ0) is 13.5. The van der Waals surface area contributed by atoms with E-state index in [1.807, 2.05) is 29.8 Å². The number of thiazole rings is 1. The highest BCUT2D eigenvalue weighted by atomic mass is 32.1. The fourth-order valence-electron chi connectivity index (χ4n) is 1.91. The lowest BCUT2D eigenvalue weighted by Crippen LogP contribution is -2.22. The second-order valence-corrected chi connectivity index (χ2v) is 5.44. The third-order valence-corrected chi connectivity index (χ3v) is 3.89. The fourth-order valence-corrected chi connectivity index (χ4v) is 2.54. The summed E-state index contributed by atoms with van der Waals surface area (Å²) in [7, 11) is 0. The third-order valence-electron chi connectivity index (χ3n) is 2.93. The van der Waals surface area contributed by atoms with E-state index in [1.165, 1.54) is 5.56 Å². The van der Waals surface area contributed by atoms with Crippen molar-refractivity contribution in [2.24, 2.45) is 0 Å². The molecule has 3 nitrogen and oxygen atoms in total. The molecule has 2 aromatic rings. The van der Waals surface area contributed by atoms with E-state index >= 15 is 0 Å². The van der Waals surface area contributed by atoms with E-state index < -0.39 is 0 Å². The Morgan fingerprint density at radius 2 is 2.11 bits per heavy atom. The average molecular weight is 276 g/mol. The molecule has 0 bridgehead atoms. The zero-order valence-electron chi connectivity index (χ0n) is 11.4. The number of hydroxylamine groups is 1. The van der Waals surface area contributed by atoms with Crippen LogP contribution in [-0.2, 0) is 4.84 Å². The van der Waals surface area contributed by atoms with Gasteiger partial charge < -0.3 is 0 Å². The molecule has 0 saturated heterocycles. The van der Waals surface area contributed by atoms with Crippen LogP contribution >= 0.6 is 11.3 Å². The predicted molar refractivity (Wildman–Crippen MR) is 78.8 cm³/mol. The molecule has 0 radical (unpaired) electrons. The maximum Gasteiger partial charge on any atom is 0.112 e. The molecule has 0 saturated carbocycles. The molecule has 0 aliphatic heterocycles. The van der Waals surface area contributed by atoms with Crippen molar-refractivity contribution in [1.29, 1.82) is 0 Å². The zero-order valence-corrected chi connectivity index (χ0v) is 12.2. The minimum Gasteiger partial charge on any atom is -0.293 e. The molecule has 1 aromatic carbocycles. The summed E-state index contributed by atoms with van der Waals surface area (Å²) >= 11 is 1.64. The molecule has 102 valence electrons. The fraction of sp³-hybridized carbons (Fsp3) is 0.400. The van der Waals surface area contributed by atoms with Crippen molar-refractivity contribution in [3.8, 4) is 0 Å². The minimum atomic E-state index is 0.0913. The summed E-state index contributed by atoms with van der Waals surface area (Å²) in [5.41, 5.74) is 4.33. The Balaban J connectivity index is 1.94. The second-order valence-electron chi connectivity index (χ2n) is 4.52. The average Bonchev–Trinajstić information content (AvgIpc) is 2.98. The van der Waals surface area contributed by atoms with Gasteiger partial charge in [0.25, 0.3) is 0 Å². The van der Waals surface area contributed by atoms with Crippen molar-refractivity contribution in [3.63, 3.8) is 0 Å². The second kappa shape index (κ2) is 7.38. The van der Waals surface area contributed by atoms with Gasteiger partial charge in [0, 0.05) is 11.6 Å². The molecule has 0 aliphatic rings. The van der Waals surface area contributed by atoms with Gasteiger partial charge >= 0.3 is 0 Å². The highest BCUT2D eigenvalue weighted by molar-refractivity contribution is 7.09. The Hall–Kier alpha value is -1.23. The molecule has 19 heavy (non-hydrogen) atoms. The Morgan fingerprint density at radius 3 is 2.74 bits per heavy atom. The number of aromatic nitrogens is 1. The summed E-state index contributed by atoms with van der Waals surface area (Å²) in [5, 5.41) is 3.03. The van der Waals surface area contributed by atoms with Crippen molar-refractivity contribution in [2.75, 3.05) is 0 Å². The van der Waals surface area contributed by atoms with Gasteiger partial charge in [-0.1, -0.05) is 43.7 Å². The largest absolute Gasteiger partial charge is 0.293 e. The van der Waals surface area contributed by atoms with E-state index in [-0.39, 0.29) is 12.1 Å². The van der Waals surface area contributed by atoms with Crippen LogP contribution in [0.4, 0.5) is 0 Å². The number of hydrogen-bond acceptors (Lipinski definition) is 4. The van der Waals surface area contributed by atoms with E-state index in [9.17, 15) is 0 Å². The van der Waals surface area contributed by atoms with Crippen LogP contribution in [0, 0.1) is 0 Å². The number of nitrogens with one attached hydrogen (secondary N) is 1. The standard InChI is InChI=1S/C15H20N2OS/c1-3-7-14(13-8-5-4-6-9-13)18-17-12(2)15-16-10-11-19-15/h4-6,8-12,14,17H,3,7H2,1-2H3/t12-,14-/m1/s1. The first-order chi connectivity index (χ1) is 9.31. The van der Waals surface area contributed by atoms with Gasteiger partial charge in [-0.2, -0.15) is 5.48 Å². The van der Waals surface area contributed by atoms with E-state index in [4.69, 9.17) is 4.84 Å². The molecule has 0 unspecified atom stereocenters. The predicted octanol–water partition coefficient (Wildman–Crippen LogP) is 4.27. The maximum absolute atomic E-state index is 5.87. The van der Waals surface area contributed by atoms with E-state index in [0.717, 1.165) is 17.8 Å². The normalized spacial score (nSPS) is 14.2. The van der Waals surface area contributed by atoms with Crippen molar-refractivity contribution in [3.05, 3.63) is 52.5 Å². The van der Waals surface area contributed by atoms with Crippen LogP contribution < -0.4 is 5.48 Å². The van der Waals surface area contributed by atoms with Gasteiger partial charge in [-0.05, 0) is 18.9 Å². The Bertz CT molecular complexity index is 458. The molecule has 0 amide bonds. The third kappa shape index (κ3) is 4.13. The van der Waals surface area contributed by atoms with E-state index in [2.05, 4.69) is 36.4 Å². The number of hydrogen-bond donors (Lipinski definition) is 1. The van der Waals surface area contributed by atoms with Gasteiger partial charge in [0.05, 0.1) is 6.04 Å². The Labute approximate surface area is 118 Å². The number of nitrogens with zero attached hydrogens (tertiary/aromatic N) is 1. The van der Waals surface area contributed by atoms with Gasteiger partial charge in [-0.3, -0.25) is 4.84 Å². The van der Waals surface area contributed by atoms with Crippen LogP contribution in [-0.4, -0.2) is 4.98 Å². The van der Waals surface area contributed by atoms with Crippen LogP contribution in [0.25, 0.3) is 0 Å². The molecule has 2 atom stereocenters. The van der Waals surface area contributed by atoms with Crippen molar-refractivity contribution >= 4 is 11.3 Å². The van der Waals surface area contributed by atoms with E-state index in [1.54, 1.807) is 11.3 Å².